The number of carbonyl (C=O) groups excluding carboxylic acids is 1. The Kier molecular flexibility index (Phi) is 4.83. The Hall–Kier alpha value is -1.06. The third kappa shape index (κ3) is 3.71. The Labute approximate surface area is 119 Å². The average Bonchev–Trinajstić information content (AvgIpc) is 2.38. The third-order valence-corrected chi connectivity index (χ3v) is 4.06. The molecular formula is C15H20ClNO2. The minimum atomic E-state index is -0.387. The van der Waals surface area contributed by atoms with Crippen molar-refractivity contribution in [2.75, 3.05) is 7.05 Å². The number of hydrogen-bond donors (Lipinski definition) is 1. The maximum Gasteiger partial charge on any atom is 0.227 e. The summed E-state index contributed by atoms with van der Waals surface area (Å²) in [4.78, 5) is 13.9. The SMILES string of the molecule is CN(C(=O)Cc1cccc(Cl)c1)C1CCCCC1O. The number of amides is 1. The van der Waals surface area contributed by atoms with E-state index in [0.717, 1.165) is 31.2 Å². The molecule has 1 saturated carbocycles. The Bertz CT molecular complexity index is 450. The Balaban J connectivity index is 1.99. The van der Waals surface area contributed by atoms with Crippen molar-refractivity contribution in [3.8, 4) is 0 Å². The fraction of sp³-hybridized carbons (Fsp3) is 0.533. The maximum atomic E-state index is 12.2. The van der Waals surface area contributed by atoms with E-state index in [1.54, 1.807) is 18.0 Å². The van der Waals surface area contributed by atoms with E-state index in [0.29, 0.717) is 11.4 Å². The molecule has 1 aliphatic rings. The molecule has 1 aliphatic carbocycles. The summed E-state index contributed by atoms with van der Waals surface area (Å²) in [5.41, 5.74) is 0.912. The molecule has 4 heteroatoms. The summed E-state index contributed by atoms with van der Waals surface area (Å²) in [6, 6.07) is 7.31. The molecule has 0 saturated heterocycles. The average molecular weight is 282 g/mol. The van der Waals surface area contributed by atoms with Crippen molar-refractivity contribution in [1.29, 1.82) is 0 Å². The van der Waals surface area contributed by atoms with Crippen LogP contribution < -0.4 is 0 Å². The zero-order valence-electron chi connectivity index (χ0n) is 11.2. The lowest BCUT2D eigenvalue weighted by Crippen LogP contribution is -2.46. The summed E-state index contributed by atoms with van der Waals surface area (Å²) < 4.78 is 0. The van der Waals surface area contributed by atoms with Crippen LogP contribution >= 0.6 is 11.6 Å². The molecule has 0 radical (unpaired) electrons. The van der Waals surface area contributed by atoms with Gasteiger partial charge in [-0.25, -0.2) is 0 Å². The van der Waals surface area contributed by atoms with Gasteiger partial charge in [-0.2, -0.15) is 0 Å². The van der Waals surface area contributed by atoms with Gasteiger partial charge in [0, 0.05) is 12.1 Å². The van der Waals surface area contributed by atoms with Crippen LogP contribution in [-0.2, 0) is 11.2 Å². The zero-order valence-corrected chi connectivity index (χ0v) is 11.9. The normalized spacial score (nSPS) is 23.1. The highest BCUT2D eigenvalue weighted by Crippen LogP contribution is 2.23. The van der Waals surface area contributed by atoms with Gasteiger partial charge in [0.05, 0.1) is 18.6 Å². The Morgan fingerprint density at radius 3 is 2.84 bits per heavy atom. The number of carbonyl (C=O) groups is 1. The molecule has 1 aromatic rings. The molecule has 0 aromatic heterocycles. The van der Waals surface area contributed by atoms with Gasteiger partial charge in [-0.1, -0.05) is 36.6 Å². The summed E-state index contributed by atoms with van der Waals surface area (Å²) in [6.07, 6.45) is 3.76. The highest BCUT2D eigenvalue weighted by atomic mass is 35.5. The number of benzene rings is 1. The van der Waals surface area contributed by atoms with Crippen LogP contribution in [0.2, 0.25) is 5.02 Å². The Morgan fingerprint density at radius 1 is 1.42 bits per heavy atom. The number of hydrogen-bond acceptors (Lipinski definition) is 2. The van der Waals surface area contributed by atoms with Gasteiger partial charge < -0.3 is 10.0 Å². The van der Waals surface area contributed by atoms with E-state index in [1.807, 2.05) is 18.2 Å². The van der Waals surface area contributed by atoms with E-state index < -0.39 is 0 Å². The standard InChI is InChI=1S/C15H20ClNO2/c1-17(13-7-2-3-8-14(13)18)15(19)10-11-5-4-6-12(16)9-11/h4-6,9,13-14,18H,2-3,7-8,10H2,1H3. The molecule has 0 spiro atoms. The summed E-state index contributed by atoms with van der Waals surface area (Å²) in [5, 5.41) is 10.6. The minimum absolute atomic E-state index is 0.0354. The first-order valence-corrected chi connectivity index (χ1v) is 7.14. The molecule has 1 fully saturated rings. The second kappa shape index (κ2) is 6.40. The van der Waals surface area contributed by atoms with Crippen molar-refractivity contribution in [3.63, 3.8) is 0 Å². The van der Waals surface area contributed by atoms with E-state index >= 15 is 0 Å². The molecule has 1 aromatic carbocycles. The molecule has 2 rings (SSSR count). The fourth-order valence-electron chi connectivity index (χ4n) is 2.67. The van der Waals surface area contributed by atoms with Gasteiger partial charge in [0.15, 0.2) is 0 Å². The predicted octanol–water partition coefficient (Wildman–Crippen LogP) is 2.64. The summed E-state index contributed by atoms with van der Waals surface area (Å²) in [7, 11) is 1.78. The smallest absolute Gasteiger partial charge is 0.227 e. The van der Waals surface area contributed by atoms with Crippen molar-refractivity contribution in [1.82, 2.24) is 4.90 Å². The largest absolute Gasteiger partial charge is 0.391 e. The van der Waals surface area contributed by atoms with E-state index in [2.05, 4.69) is 0 Å². The summed E-state index contributed by atoms with van der Waals surface area (Å²) in [6.45, 7) is 0. The van der Waals surface area contributed by atoms with Crippen molar-refractivity contribution in [3.05, 3.63) is 34.9 Å². The maximum absolute atomic E-state index is 12.2. The second-order valence-corrected chi connectivity index (χ2v) is 5.67. The first kappa shape index (κ1) is 14.4. The van der Waals surface area contributed by atoms with Crippen LogP contribution in [0.1, 0.15) is 31.2 Å². The number of likely N-dealkylation sites (N-methyl/N-ethyl adjacent to an activating group) is 1. The molecule has 2 atom stereocenters. The molecule has 1 N–H and O–H groups in total. The van der Waals surface area contributed by atoms with Crippen LogP contribution in [0.3, 0.4) is 0 Å². The molecule has 19 heavy (non-hydrogen) atoms. The van der Waals surface area contributed by atoms with Crippen molar-refractivity contribution < 1.29 is 9.90 Å². The number of rotatable bonds is 3. The molecule has 2 unspecified atom stereocenters. The van der Waals surface area contributed by atoms with Crippen LogP contribution in [0, 0.1) is 0 Å². The predicted molar refractivity (Wildman–Crippen MR) is 76.2 cm³/mol. The monoisotopic (exact) mass is 281 g/mol. The topological polar surface area (TPSA) is 40.5 Å². The van der Waals surface area contributed by atoms with E-state index in [-0.39, 0.29) is 18.1 Å². The highest BCUT2D eigenvalue weighted by Gasteiger charge is 2.29. The second-order valence-electron chi connectivity index (χ2n) is 5.23. The van der Waals surface area contributed by atoms with Gasteiger partial charge in [0.2, 0.25) is 5.91 Å². The minimum Gasteiger partial charge on any atom is -0.391 e. The van der Waals surface area contributed by atoms with E-state index in [4.69, 9.17) is 11.6 Å². The van der Waals surface area contributed by atoms with Crippen LogP contribution in [0.4, 0.5) is 0 Å². The molecule has 0 aliphatic heterocycles. The summed E-state index contributed by atoms with van der Waals surface area (Å²) >= 11 is 5.91. The van der Waals surface area contributed by atoms with Gasteiger partial charge in [0.1, 0.15) is 0 Å². The van der Waals surface area contributed by atoms with Crippen LogP contribution in [0.5, 0.6) is 0 Å². The van der Waals surface area contributed by atoms with E-state index in [1.165, 1.54) is 0 Å². The number of aliphatic hydroxyl groups is 1. The molecule has 0 bridgehead atoms. The van der Waals surface area contributed by atoms with Crippen LogP contribution in [0.25, 0.3) is 0 Å². The van der Waals surface area contributed by atoms with Crippen molar-refractivity contribution in [2.24, 2.45) is 0 Å². The number of halogens is 1. The van der Waals surface area contributed by atoms with E-state index in [9.17, 15) is 9.90 Å². The van der Waals surface area contributed by atoms with Crippen molar-refractivity contribution in [2.45, 2.75) is 44.2 Å². The number of nitrogens with zero attached hydrogens (tertiary/aromatic N) is 1. The number of aliphatic hydroxyl groups excluding tert-OH is 1. The van der Waals surface area contributed by atoms with Crippen LogP contribution in [0.15, 0.2) is 24.3 Å². The summed E-state index contributed by atoms with van der Waals surface area (Å²) in [5.74, 6) is 0.0354. The lowest BCUT2D eigenvalue weighted by molar-refractivity contribution is -0.134. The van der Waals surface area contributed by atoms with Gasteiger partial charge in [0.25, 0.3) is 0 Å². The zero-order chi connectivity index (χ0) is 13.8. The molecule has 0 heterocycles. The highest BCUT2D eigenvalue weighted by molar-refractivity contribution is 6.30. The molecular weight excluding hydrogens is 262 g/mol. The van der Waals surface area contributed by atoms with Gasteiger partial charge >= 0.3 is 0 Å². The fourth-order valence-corrected chi connectivity index (χ4v) is 2.89. The van der Waals surface area contributed by atoms with Crippen LogP contribution in [-0.4, -0.2) is 35.1 Å². The third-order valence-electron chi connectivity index (χ3n) is 3.83. The van der Waals surface area contributed by atoms with Gasteiger partial charge in [-0.3, -0.25) is 4.79 Å². The quantitative estimate of drug-likeness (QED) is 0.925. The lowest BCUT2D eigenvalue weighted by atomic mass is 9.91. The Morgan fingerprint density at radius 2 is 2.16 bits per heavy atom. The first-order chi connectivity index (χ1) is 9.08. The molecule has 104 valence electrons. The molecule has 3 nitrogen and oxygen atoms in total. The molecule has 1 amide bonds. The first-order valence-electron chi connectivity index (χ1n) is 6.76. The van der Waals surface area contributed by atoms with Crippen molar-refractivity contribution >= 4 is 17.5 Å². The lowest BCUT2D eigenvalue weighted by Gasteiger charge is -2.35. The van der Waals surface area contributed by atoms with Gasteiger partial charge in [-0.05, 0) is 30.5 Å². The van der Waals surface area contributed by atoms with Gasteiger partial charge in [-0.15, -0.1) is 0 Å².